The Kier molecular flexibility index (Phi) is 4.17. The van der Waals surface area contributed by atoms with Crippen LogP contribution in [0.15, 0.2) is 41.6 Å². The predicted molar refractivity (Wildman–Crippen MR) is 67.7 cm³/mol. The van der Waals surface area contributed by atoms with Crippen molar-refractivity contribution in [3.63, 3.8) is 0 Å². The maximum Gasteiger partial charge on any atom is 0.115 e. The first kappa shape index (κ1) is 12.1. The minimum absolute atomic E-state index is 0.409. The first-order valence-electron chi connectivity index (χ1n) is 5.49. The zero-order valence-electron chi connectivity index (χ0n) is 9.65. The Morgan fingerprint density at radius 1 is 1.35 bits per heavy atom. The standard InChI is InChI=1S/C12H15N3OS/c1-10(16)8-15-12(7-13-14-15)17-9-11-5-3-2-4-6-11/h2-7,10,16H,8-9H2,1H3. The van der Waals surface area contributed by atoms with E-state index in [1.165, 1.54) is 5.56 Å². The van der Waals surface area contributed by atoms with Crippen molar-refractivity contribution in [1.82, 2.24) is 15.0 Å². The maximum absolute atomic E-state index is 9.34. The van der Waals surface area contributed by atoms with Gasteiger partial charge in [0.1, 0.15) is 5.03 Å². The predicted octanol–water partition coefficient (Wildman–Crippen LogP) is 1.95. The summed E-state index contributed by atoms with van der Waals surface area (Å²) in [6.45, 7) is 2.23. The van der Waals surface area contributed by atoms with Gasteiger partial charge in [-0.2, -0.15) is 0 Å². The third-order valence-electron chi connectivity index (χ3n) is 2.25. The van der Waals surface area contributed by atoms with E-state index in [0.717, 1.165) is 10.8 Å². The van der Waals surface area contributed by atoms with Crippen molar-refractivity contribution in [1.29, 1.82) is 0 Å². The molecule has 5 heteroatoms. The summed E-state index contributed by atoms with van der Waals surface area (Å²) in [5.74, 6) is 0.883. The molecule has 0 spiro atoms. The summed E-state index contributed by atoms with van der Waals surface area (Å²) in [5.41, 5.74) is 1.27. The number of aliphatic hydroxyl groups is 1. The molecule has 1 aromatic heterocycles. The Labute approximate surface area is 105 Å². The molecule has 1 unspecified atom stereocenters. The van der Waals surface area contributed by atoms with E-state index in [1.807, 2.05) is 18.2 Å². The summed E-state index contributed by atoms with van der Waals surface area (Å²) in [5, 5.41) is 18.1. The Morgan fingerprint density at radius 2 is 2.12 bits per heavy atom. The molecule has 0 amide bonds. The molecule has 90 valence electrons. The summed E-state index contributed by atoms with van der Waals surface area (Å²) in [7, 11) is 0. The third kappa shape index (κ3) is 3.57. The van der Waals surface area contributed by atoms with E-state index in [0.29, 0.717) is 6.54 Å². The van der Waals surface area contributed by atoms with E-state index in [-0.39, 0.29) is 0 Å². The first-order chi connectivity index (χ1) is 8.25. The summed E-state index contributed by atoms with van der Waals surface area (Å²) in [6.07, 6.45) is 1.32. The number of hydrogen-bond acceptors (Lipinski definition) is 4. The van der Waals surface area contributed by atoms with Crippen LogP contribution in [-0.4, -0.2) is 26.2 Å². The highest BCUT2D eigenvalue weighted by Gasteiger charge is 2.07. The van der Waals surface area contributed by atoms with Crippen molar-refractivity contribution in [3.8, 4) is 0 Å². The molecule has 0 aliphatic rings. The highest BCUT2D eigenvalue weighted by atomic mass is 32.2. The lowest BCUT2D eigenvalue weighted by atomic mass is 10.2. The monoisotopic (exact) mass is 249 g/mol. The van der Waals surface area contributed by atoms with Crippen molar-refractivity contribution < 1.29 is 5.11 Å². The summed E-state index contributed by atoms with van der Waals surface area (Å²) in [4.78, 5) is 0. The van der Waals surface area contributed by atoms with Crippen LogP contribution >= 0.6 is 11.8 Å². The van der Waals surface area contributed by atoms with Gasteiger partial charge in [0.15, 0.2) is 0 Å². The molecule has 0 saturated carbocycles. The molecule has 0 saturated heterocycles. The van der Waals surface area contributed by atoms with Crippen molar-refractivity contribution in [2.24, 2.45) is 0 Å². The Hall–Kier alpha value is -1.33. The second kappa shape index (κ2) is 5.84. The van der Waals surface area contributed by atoms with E-state index in [4.69, 9.17) is 0 Å². The SMILES string of the molecule is CC(O)Cn1nncc1SCc1ccccc1. The van der Waals surface area contributed by atoms with Gasteiger partial charge in [0.25, 0.3) is 0 Å². The van der Waals surface area contributed by atoms with Crippen LogP contribution in [0, 0.1) is 0 Å². The zero-order chi connectivity index (χ0) is 12.1. The highest BCUT2D eigenvalue weighted by Crippen LogP contribution is 2.21. The van der Waals surface area contributed by atoms with Gasteiger partial charge in [-0.25, -0.2) is 4.68 Å². The molecule has 1 heterocycles. The number of thioether (sulfide) groups is 1. The molecule has 17 heavy (non-hydrogen) atoms. The largest absolute Gasteiger partial charge is 0.391 e. The Balaban J connectivity index is 1.97. The van der Waals surface area contributed by atoms with Crippen LogP contribution < -0.4 is 0 Å². The molecule has 2 rings (SSSR count). The summed E-state index contributed by atoms with van der Waals surface area (Å²) < 4.78 is 1.73. The average Bonchev–Trinajstić information content (AvgIpc) is 2.74. The summed E-state index contributed by atoms with van der Waals surface area (Å²) in [6, 6.07) is 10.3. The van der Waals surface area contributed by atoms with Gasteiger partial charge in [-0.3, -0.25) is 0 Å². The second-order valence-corrected chi connectivity index (χ2v) is 4.87. The lowest BCUT2D eigenvalue weighted by Gasteiger charge is -2.07. The van der Waals surface area contributed by atoms with E-state index in [1.54, 1.807) is 29.6 Å². The third-order valence-corrected chi connectivity index (χ3v) is 3.34. The van der Waals surface area contributed by atoms with Gasteiger partial charge in [-0.05, 0) is 12.5 Å². The van der Waals surface area contributed by atoms with E-state index >= 15 is 0 Å². The highest BCUT2D eigenvalue weighted by molar-refractivity contribution is 7.98. The van der Waals surface area contributed by atoms with E-state index < -0.39 is 6.10 Å². The number of nitrogens with zero attached hydrogens (tertiary/aromatic N) is 3. The molecule has 0 fully saturated rings. The van der Waals surface area contributed by atoms with Crippen LogP contribution in [0.25, 0.3) is 0 Å². The Bertz CT molecular complexity index is 456. The maximum atomic E-state index is 9.34. The fraction of sp³-hybridized carbons (Fsp3) is 0.333. The molecule has 0 radical (unpaired) electrons. The zero-order valence-corrected chi connectivity index (χ0v) is 10.5. The van der Waals surface area contributed by atoms with Gasteiger partial charge < -0.3 is 5.11 Å². The molecular weight excluding hydrogens is 234 g/mol. The molecule has 2 aromatic rings. The van der Waals surface area contributed by atoms with E-state index in [2.05, 4.69) is 22.4 Å². The summed E-state index contributed by atoms with van der Waals surface area (Å²) >= 11 is 1.68. The van der Waals surface area contributed by atoms with Crippen molar-refractivity contribution >= 4 is 11.8 Å². The van der Waals surface area contributed by atoms with Crippen LogP contribution in [0.4, 0.5) is 0 Å². The molecule has 0 aliphatic heterocycles. The topological polar surface area (TPSA) is 50.9 Å². The number of aromatic nitrogens is 3. The Morgan fingerprint density at radius 3 is 2.82 bits per heavy atom. The number of rotatable bonds is 5. The van der Waals surface area contributed by atoms with Gasteiger partial charge in [-0.15, -0.1) is 16.9 Å². The van der Waals surface area contributed by atoms with Gasteiger partial charge in [0, 0.05) is 5.75 Å². The van der Waals surface area contributed by atoms with E-state index in [9.17, 15) is 5.11 Å². The lowest BCUT2D eigenvalue weighted by Crippen LogP contribution is -2.13. The molecule has 0 aliphatic carbocycles. The average molecular weight is 249 g/mol. The van der Waals surface area contributed by atoms with Gasteiger partial charge in [0.2, 0.25) is 0 Å². The van der Waals surface area contributed by atoms with Crippen LogP contribution in [0.5, 0.6) is 0 Å². The molecule has 0 bridgehead atoms. The van der Waals surface area contributed by atoms with Crippen molar-refractivity contribution in [2.75, 3.05) is 0 Å². The van der Waals surface area contributed by atoms with Crippen LogP contribution in [0.2, 0.25) is 0 Å². The minimum atomic E-state index is -0.409. The van der Waals surface area contributed by atoms with Crippen LogP contribution in [0.1, 0.15) is 12.5 Å². The van der Waals surface area contributed by atoms with Gasteiger partial charge >= 0.3 is 0 Å². The first-order valence-corrected chi connectivity index (χ1v) is 6.47. The van der Waals surface area contributed by atoms with Crippen LogP contribution in [0.3, 0.4) is 0 Å². The fourth-order valence-electron chi connectivity index (χ4n) is 1.47. The second-order valence-electron chi connectivity index (χ2n) is 3.88. The fourth-order valence-corrected chi connectivity index (χ4v) is 2.36. The number of hydrogen-bond donors (Lipinski definition) is 1. The number of aliphatic hydroxyl groups excluding tert-OH is 1. The lowest BCUT2D eigenvalue weighted by molar-refractivity contribution is 0.164. The smallest absolute Gasteiger partial charge is 0.115 e. The molecule has 1 N–H and O–H groups in total. The van der Waals surface area contributed by atoms with Crippen molar-refractivity contribution in [3.05, 3.63) is 42.1 Å². The molecule has 4 nitrogen and oxygen atoms in total. The molecule has 1 atom stereocenters. The normalized spacial score (nSPS) is 12.6. The number of benzene rings is 1. The van der Waals surface area contributed by atoms with Crippen molar-refractivity contribution in [2.45, 2.75) is 30.4 Å². The molecule has 1 aromatic carbocycles. The van der Waals surface area contributed by atoms with Gasteiger partial charge in [0.05, 0.1) is 18.8 Å². The van der Waals surface area contributed by atoms with Crippen LogP contribution in [-0.2, 0) is 12.3 Å². The minimum Gasteiger partial charge on any atom is -0.391 e. The quantitative estimate of drug-likeness (QED) is 0.823. The molecular formula is C12H15N3OS. The van der Waals surface area contributed by atoms with Gasteiger partial charge in [-0.1, -0.05) is 35.5 Å².